The Morgan fingerprint density at radius 2 is 1.26 bits per heavy atom. The van der Waals surface area contributed by atoms with Crippen molar-refractivity contribution in [1.82, 2.24) is 9.55 Å². The van der Waals surface area contributed by atoms with Crippen molar-refractivity contribution >= 4 is 32.6 Å². The van der Waals surface area contributed by atoms with E-state index in [9.17, 15) is 5.48 Å². The number of hydrogen-bond acceptors (Lipinski definition) is 1. The average Bonchev–Trinajstić information content (AvgIpc) is 3.64. The highest BCUT2D eigenvalue weighted by molar-refractivity contribution is 6.22. The predicted octanol–water partition coefficient (Wildman–Crippen LogP) is 10.9. The van der Waals surface area contributed by atoms with Crippen molar-refractivity contribution < 1.29 is 24.7 Å². The van der Waals surface area contributed by atoms with Gasteiger partial charge in [-0.05, 0) is 73.6 Å². The summed E-state index contributed by atoms with van der Waals surface area (Å²) in [6.07, 6.45) is -3.05. The van der Waals surface area contributed by atoms with Crippen LogP contribution in [-0.2, 0) is 6.37 Å². The van der Waals surface area contributed by atoms with E-state index < -0.39 is 97.6 Å². The fraction of sp³-hybridized carbons (Fsp3) is 0.0488. The Hall–Kier alpha value is -5.47. The summed E-state index contributed by atoms with van der Waals surface area (Å²) in [5.74, 6) is -0.514. The smallest absolute Gasteiger partial charge is 0.114 e. The van der Waals surface area contributed by atoms with Gasteiger partial charge in [0.2, 0.25) is 0 Å². The van der Waals surface area contributed by atoms with Gasteiger partial charge in [-0.2, -0.15) is 0 Å². The Bertz CT molecular complexity index is 3100. The number of imidazole rings is 1. The molecule has 2 heteroatoms. The number of aryl methyl sites for hydroxylation is 1. The van der Waals surface area contributed by atoms with Crippen LogP contribution in [0.4, 0.5) is 0 Å². The van der Waals surface area contributed by atoms with Crippen LogP contribution in [0.15, 0.2) is 151 Å². The minimum absolute atomic E-state index is 0.0630. The quantitative estimate of drug-likeness (QED) is 0.189. The van der Waals surface area contributed by atoms with Crippen LogP contribution in [0.25, 0.3) is 71.6 Å². The van der Waals surface area contributed by atoms with Crippen LogP contribution in [0, 0.1) is 0 Å². The zero-order chi connectivity index (χ0) is 44.4. The van der Waals surface area contributed by atoms with Gasteiger partial charge in [-0.1, -0.05) is 134 Å². The average molecular weight is 569 g/mol. The molecule has 8 aromatic rings. The Kier molecular flexibility index (Phi) is 3.10. The molecule has 0 aliphatic rings. The molecular weight excluding hydrogens is 520 g/mol. The predicted molar refractivity (Wildman–Crippen MR) is 182 cm³/mol. The first-order valence-electron chi connectivity index (χ1n) is 22.3. The third kappa shape index (κ3) is 4.14. The van der Waals surface area contributed by atoms with Crippen LogP contribution in [0.1, 0.15) is 37.3 Å². The number of nitrogens with zero attached hydrogens (tertiary/aromatic N) is 2. The van der Waals surface area contributed by atoms with Crippen molar-refractivity contribution in [2.45, 2.75) is 13.2 Å². The lowest BCUT2D eigenvalue weighted by Gasteiger charge is -2.21. The molecule has 43 heavy (non-hydrogen) atoms. The van der Waals surface area contributed by atoms with Gasteiger partial charge in [0.15, 0.2) is 0 Å². The minimum atomic E-state index is -3.22. The molecule has 0 spiro atoms. The van der Waals surface area contributed by atoms with Gasteiger partial charge in [-0.25, -0.2) is 4.98 Å². The first-order valence-corrected chi connectivity index (χ1v) is 13.3. The Labute approximate surface area is 276 Å². The van der Waals surface area contributed by atoms with E-state index in [-0.39, 0.29) is 71.6 Å². The van der Waals surface area contributed by atoms with E-state index in [4.69, 9.17) is 19.2 Å². The molecule has 0 saturated heterocycles. The van der Waals surface area contributed by atoms with Crippen LogP contribution >= 0.6 is 0 Å². The van der Waals surface area contributed by atoms with E-state index in [1.165, 1.54) is 41.0 Å². The minimum Gasteiger partial charge on any atom is -0.296 e. The Balaban J connectivity index is 1.61. The van der Waals surface area contributed by atoms with Gasteiger partial charge >= 0.3 is 0 Å². The second-order valence-electron chi connectivity index (χ2n) is 9.73. The van der Waals surface area contributed by atoms with Crippen molar-refractivity contribution in [3.63, 3.8) is 0 Å². The lowest BCUT2D eigenvalue weighted by atomic mass is 9.85. The Morgan fingerprint density at radius 1 is 0.628 bits per heavy atom. The lowest BCUT2D eigenvalue weighted by Crippen LogP contribution is -2.03. The molecule has 8 rings (SSSR count). The van der Waals surface area contributed by atoms with E-state index in [0.29, 0.717) is 0 Å². The molecule has 0 unspecified atom stereocenters. The molecule has 0 amide bonds. The molecule has 0 N–H and O–H groups in total. The highest BCUT2D eigenvalue weighted by atomic mass is 15.1. The van der Waals surface area contributed by atoms with Crippen LogP contribution < -0.4 is 0 Å². The number of aromatic nitrogens is 2. The van der Waals surface area contributed by atoms with Crippen molar-refractivity contribution in [2.24, 2.45) is 0 Å². The molecule has 0 aliphatic heterocycles. The molecule has 1 aromatic heterocycles. The highest BCUT2D eigenvalue weighted by Gasteiger charge is 2.21. The summed E-state index contributed by atoms with van der Waals surface area (Å²) in [4.78, 5) is 4.44. The largest absolute Gasteiger partial charge is 0.296 e. The van der Waals surface area contributed by atoms with Crippen molar-refractivity contribution in [1.29, 1.82) is 0 Å². The van der Waals surface area contributed by atoms with Gasteiger partial charge in [0.05, 0.1) is 34.5 Å². The summed E-state index contributed by atoms with van der Waals surface area (Å²) in [7, 11) is 0. The third-order valence-electron chi connectivity index (χ3n) is 7.40. The summed E-state index contributed by atoms with van der Waals surface area (Å²) in [5, 5.41) is -0.742. The number of benzene rings is 7. The topological polar surface area (TPSA) is 17.8 Å². The van der Waals surface area contributed by atoms with Gasteiger partial charge in [0.1, 0.15) is 5.82 Å². The van der Waals surface area contributed by atoms with Gasteiger partial charge in [-0.3, -0.25) is 4.57 Å². The van der Waals surface area contributed by atoms with Crippen LogP contribution in [0.5, 0.6) is 0 Å². The van der Waals surface area contributed by atoms with Gasteiger partial charge in [0.25, 0.3) is 0 Å². The maximum atomic E-state index is 9.42. The second kappa shape index (κ2) is 10.4. The highest BCUT2D eigenvalue weighted by Crippen LogP contribution is 2.45. The molecular formula is C41H30N2. The first kappa shape index (κ1) is 12.8. The summed E-state index contributed by atoms with van der Waals surface area (Å²) in [5.41, 5.74) is 0.588. The van der Waals surface area contributed by atoms with E-state index >= 15 is 0 Å². The van der Waals surface area contributed by atoms with Gasteiger partial charge in [-0.15, -0.1) is 0 Å². The van der Waals surface area contributed by atoms with Crippen LogP contribution in [-0.4, -0.2) is 9.55 Å². The fourth-order valence-electron chi connectivity index (χ4n) is 5.64. The Morgan fingerprint density at radius 3 is 2.00 bits per heavy atom. The van der Waals surface area contributed by atoms with Gasteiger partial charge in [0, 0.05) is 18.8 Å². The lowest BCUT2D eigenvalue weighted by molar-refractivity contribution is 0.909. The van der Waals surface area contributed by atoms with Crippen molar-refractivity contribution in [3.8, 4) is 39.1 Å². The third-order valence-corrected chi connectivity index (χ3v) is 7.40. The molecule has 0 saturated carbocycles. The SMILES string of the molecule is [2H]c1c([2H])c([2H])c(-c2cccc(-c3c4c([2H])c([2H])c([2H])c([2H])c4c(-c4ccccc4-n4c(C([2H])([2H])C([2H])([2H])[2H])nc5ccccc54)c4c([2H])c([2H])c([2H])c([2H])c34)c2)c([2H])c1[2H]. The van der Waals surface area contributed by atoms with Crippen LogP contribution in [0.3, 0.4) is 0 Å². The molecule has 204 valence electrons. The number of rotatable bonds is 5. The molecule has 2 nitrogen and oxygen atoms in total. The van der Waals surface area contributed by atoms with Gasteiger partial charge < -0.3 is 0 Å². The van der Waals surface area contributed by atoms with E-state index in [1.807, 2.05) is 0 Å². The molecule has 0 aliphatic carbocycles. The maximum Gasteiger partial charge on any atom is 0.114 e. The molecule has 1 heterocycles. The normalized spacial score (nSPS) is 18.0. The zero-order valence-corrected chi connectivity index (χ0v) is 22.3. The van der Waals surface area contributed by atoms with Crippen molar-refractivity contribution in [2.75, 3.05) is 0 Å². The summed E-state index contributed by atoms with van der Waals surface area (Å²) in [6.45, 7) is -3.22. The van der Waals surface area contributed by atoms with Crippen LogP contribution in [0.2, 0.25) is 0 Å². The second-order valence-corrected chi connectivity index (χ2v) is 9.73. The summed E-state index contributed by atoms with van der Waals surface area (Å²) in [6, 6.07) is 10.7. The monoisotopic (exact) mass is 568 g/mol. The van der Waals surface area contributed by atoms with E-state index in [0.717, 1.165) is 0 Å². The standard InChI is InChI=1S/C41H30N2/c1-2-39-42-36-24-11-13-26-38(36)43(39)37-25-12-10-23-35(37)41-33-21-8-6-19-31(33)40(32-20-7-9-22-34(32)41)30-18-14-17-29(27-30)28-15-4-3-5-16-28/h3-27H,2H2,1H3/i1D3,2D2,3D,4D,5D,6D,7D,8D,9D,15D,16D,19D,20D,21D,22D. The molecule has 0 radical (unpaired) electrons. The molecule has 0 fully saturated rings. The van der Waals surface area contributed by atoms with E-state index in [2.05, 4.69) is 4.98 Å². The number of para-hydroxylation sites is 3. The number of hydrogen-bond donors (Lipinski definition) is 0. The first-order chi connectivity index (χ1) is 28.6. The summed E-state index contributed by atoms with van der Waals surface area (Å²) >= 11 is 0. The molecule has 0 bridgehead atoms. The maximum absolute atomic E-state index is 9.42. The molecule has 0 atom stereocenters. The van der Waals surface area contributed by atoms with Crippen molar-refractivity contribution in [3.05, 3.63) is 157 Å². The fourth-order valence-corrected chi connectivity index (χ4v) is 5.64. The van der Waals surface area contributed by atoms with E-state index in [1.54, 1.807) is 36.4 Å². The summed E-state index contributed by atoms with van der Waals surface area (Å²) < 4.78 is 158. The zero-order valence-electron chi connectivity index (χ0n) is 40.3. The molecule has 7 aromatic carbocycles. The number of fused-ring (bicyclic) bond motifs is 3.